The Morgan fingerprint density at radius 1 is 1.35 bits per heavy atom. The van der Waals surface area contributed by atoms with E-state index < -0.39 is 5.97 Å². The number of carboxylic acid groups (broad SMARTS) is 1. The second-order valence-electron chi connectivity index (χ2n) is 5.81. The van der Waals surface area contributed by atoms with Gasteiger partial charge < -0.3 is 10.1 Å². The Labute approximate surface area is 138 Å². The summed E-state index contributed by atoms with van der Waals surface area (Å²) < 4.78 is 1.90. The second-order valence-corrected chi connectivity index (χ2v) is 6.20. The zero-order chi connectivity index (χ0) is 16.4. The van der Waals surface area contributed by atoms with Gasteiger partial charge in [0.05, 0.1) is 16.5 Å². The molecule has 1 aliphatic carbocycles. The summed E-state index contributed by atoms with van der Waals surface area (Å²) in [5.41, 5.74) is 1.82. The van der Waals surface area contributed by atoms with Gasteiger partial charge >= 0.3 is 5.97 Å². The van der Waals surface area contributed by atoms with E-state index in [4.69, 9.17) is 17.3 Å². The van der Waals surface area contributed by atoms with Crippen molar-refractivity contribution in [3.05, 3.63) is 50.5 Å². The van der Waals surface area contributed by atoms with E-state index in [0.29, 0.717) is 22.2 Å². The van der Waals surface area contributed by atoms with Crippen molar-refractivity contribution in [2.45, 2.75) is 38.6 Å². The molecule has 0 saturated heterocycles. The van der Waals surface area contributed by atoms with Gasteiger partial charge in [0.15, 0.2) is 4.77 Å². The number of carboxylic acids is 1. The maximum absolute atomic E-state index is 12.6. The third-order valence-electron chi connectivity index (χ3n) is 4.27. The molecule has 0 fully saturated rings. The van der Waals surface area contributed by atoms with E-state index in [1.165, 1.54) is 30.5 Å². The van der Waals surface area contributed by atoms with Gasteiger partial charge in [-0.05, 0) is 62.5 Å². The van der Waals surface area contributed by atoms with E-state index in [1.54, 1.807) is 10.6 Å². The van der Waals surface area contributed by atoms with Crippen molar-refractivity contribution >= 4 is 29.1 Å². The highest BCUT2D eigenvalue weighted by Gasteiger charge is 2.10. The van der Waals surface area contributed by atoms with Crippen molar-refractivity contribution in [3.63, 3.8) is 0 Å². The SMILES string of the molecule is O=C(O)c1ccc2c(=O)n(CCC3=CCCCC3)c(=S)[nH]c2c1. The number of hydrogen-bond donors (Lipinski definition) is 2. The largest absolute Gasteiger partial charge is 0.478 e. The van der Waals surface area contributed by atoms with Gasteiger partial charge in [-0.25, -0.2) is 4.79 Å². The van der Waals surface area contributed by atoms with Gasteiger partial charge in [-0.1, -0.05) is 11.6 Å². The average molecular weight is 330 g/mol. The lowest BCUT2D eigenvalue weighted by atomic mass is 9.97. The molecular formula is C17H18N2O3S. The first-order chi connectivity index (χ1) is 11.1. The molecule has 0 amide bonds. The molecule has 0 radical (unpaired) electrons. The highest BCUT2D eigenvalue weighted by molar-refractivity contribution is 7.71. The molecule has 5 nitrogen and oxygen atoms in total. The summed E-state index contributed by atoms with van der Waals surface area (Å²) in [6.07, 6.45) is 7.76. The number of hydrogen-bond acceptors (Lipinski definition) is 3. The first-order valence-electron chi connectivity index (χ1n) is 7.74. The predicted octanol–water partition coefficient (Wildman–Crippen LogP) is 3.65. The highest BCUT2D eigenvalue weighted by Crippen LogP contribution is 2.20. The summed E-state index contributed by atoms with van der Waals surface area (Å²) in [4.78, 5) is 26.6. The molecule has 1 aromatic carbocycles. The minimum atomic E-state index is -1.03. The van der Waals surface area contributed by atoms with Crippen LogP contribution in [-0.2, 0) is 6.54 Å². The van der Waals surface area contributed by atoms with Crippen LogP contribution in [0.5, 0.6) is 0 Å². The first-order valence-corrected chi connectivity index (χ1v) is 8.15. The van der Waals surface area contributed by atoms with Crippen LogP contribution in [0.1, 0.15) is 42.5 Å². The van der Waals surface area contributed by atoms with Gasteiger partial charge in [-0.2, -0.15) is 0 Å². The minimum Gasteiger partial charge on any atom is -0.478 e. The molecule has 0 atom stereocenters. The molecule has 6 heteroatoms. The lowest BCUT2D eigenvalue weighted by Gasteiger charge is -2.14. The van der Waals surface area contributed by atoms with Gasteiger partial charge in [-0.15, -0.1) is 0 Å². The zero-order valence-corrected chi connectivity index (χ0v) is 13.5. The molecule has 120 valence electrons. The van der Waals surface area contributed by atoms with Crippen LogP contribution >= 0.6 is 12.2 Å². The fraction of sp³-hybridized carbons (Fsp3) is 0.353. The minimum absolute atomic E-state index is 0.132. The van der Waals surface area contributed by atoms with Crippen LogP contribution in [-0.4, -0.2) is 20.6 Å². The van der Waals surface area contributed by atoms with Gasteiger partial charge in [0, 0.05) is 6.54 Å². The molecule has 0 bridgehead atoms. The quantitative estimate of drug-likeness (QED) is 0.663. The predicted molar refractivity (Wildman–Crippen MR) is 91.5 cm³/mol. The standard InChI is InChI=1S/C17H18N2O3S/c20-15-13-7-6-12(16(21)22)10-14(13)18-17(23)19(15)9-8-11-4-2-1-3-5-11/h4,6-7,10H,1-3,5,8-9H2,(H,18,23)(H,21,22). The van der Waals surface area contributed by atoms with Crippen molar-refractivity contribution in [3.8, 4) is 0 Å². The number of nitrogens with one attached hydrogen (secondary N) is 1. The Morgan fingerprint density at radius 3 is 2.87 bits per heavy atom. The summed E-state index contributed by atoms with van der Waals surface area (Å²) >= 11 is 5.28. The lowest BCUT2D eigenvalue weighted by molar-refractivity contribution is 0.0697. The molecule has 23 heavy (non-hydrogen) atoms. The number of aromatic carboxylic acids is 1. The number of allylic oxidation sites excluding steroid dienone is 2. The highest BCUT2D eigenvalue weighted by atomic mass is 32.1. The van der Waals surface area contributed by atoms with E-state index in [2.05, 4.69) is 11.1 Å². The van der Waals surface area contributed by atoms with Crippen LogP contribution in [0.4, 0.5) is 0 Å². The molecule has 0 aliphatic heterocycles. The summed E-state index contributed by atoms with van der Waals surface area (Å²) in [7, 11) is 0. The molecule has 1 heterocycles. The molecule has 2 aromatic rings. The molecule has 1 aromatic heterocycles. The van der Waals surface area contributed by atoms with E-state index >= 15 is 0 Å². The maximum atomic E-state index is 12.6. The first kappa shape index (κ1) is 15.7. The van der Waals surface area contributed by atoms with E-state index in [0.717, 1.165) is 19.3 Å². The monoisotopic (exact) mass is 330 g/mol. The number of H-pyrrole nitrogens is 1. The van der Waals surface area contributed by atoms with E-state index in [1.807, 2.05) is 0 Å². The fourth-order valence-corrected chi connectivity index (χ4v) is 3.26. The smallest absolute Gasteiger partial charge is 0.335 e. The van der Waals surface area contributed by atoms with E-state index in [9.17, 15) is 9.59 Å². The van der Waals surface area contributed by atoms with Crippen molar-refractivity contribution < 1.29 is 9.90 Å². The molecule has 0 spiro atoms. The maximum Gasteiger partial charge on any atom is 0.335 e. The van der Waals surface area contributed by atoms with Crippen LogP contribution in [0, 0.1) is 4.77 Å². The number of rotatable bonds is 4. The number of carbonyl (C=O) groups is 1. The molecule has 2 N–H and O–H groups in total. The topological polar surface area (TPSA) is 75.1 Å². The van der Waals surface area contributed by atoms with Gasteiger partial charge in [0.25, 0.3) is 5.56 Å². The van der Waals surface area contributed by atoms with Crippen molar-refractivity contribution in [1.82, 2.24) is 9.55 Å². The number of aromatic nitrogens is 2. The number of nitrogens with zero attached hydrogens (tertiary/aromatic N) is 1. The Kier molecular flexibility index (Phi) is 4.43. The molecule has 0 saturated carbocycles. The normalized spacial score (nSPS) is 14.7. The number of aromatic amines is 1. The van der Waals surface area contributed by atoms with E-state index in [-0.39, 0.29) is 11.1 Å². The summed E-state index contributed by atoms with van der Waals surface area (Å²) in [6, 6.07) is 4.43. The molecule has 1 aliphatic rings. The third kappa shape index (κ3) is 3.27. The summed E-state index contributed by atoms with van der Waals surface area (Å²) in [5, 5.41) is 9.50. The van der Waals surface area contributed by atoms with Gasteiger partial charge in [0.2, 0.25) is 0 Å². The summed E-state index contributed by atoms with van der Waals surface area (Å²) in [6.45, 7) is 0.552. The average Bonchev–Trinajstić information content (AvgIpc) is 2.55. The van der Waals surface area contributed by atoms with Crippen LogP contribution in [0.25, 0.3) is 10.9 Å². The second kappa shape index (κ2) is 6.50. The Bertz CT molecular complexity index is 908. The van der Waals surface area contributed by atoms with Crippen LogP contribution < -0.4 is 5.56 Å². The van der Waals surface area contributed by atoms with Crippen molar-refractivity contribution in [2.75, 3.05) is 0 Å². The van der Waals surface area contributed by atoms with Crippen LogP contribution in [0.2, 0.25) is 0 Å². The Morgan fingerprint density at radius 2 is 2.17 bits per heavy atom. The molecule has 0 unspecified atom stereocenters. The van der Waals surface area contributed by atoms with Crippen LogP contribution in [0.15, 0.2) is 34.6 Å². The zero-order valence-electron chi connectivity index (χ0n) is 12.7. The Balaban J connectivity index is 1.96. The third-order valence-corrected chi connectivity index (χ3v) is 4.59. The fourth-order valence-electron chi connectivity index (χ4n) is 2.98. The summed E-state index contributed by atoms with van der Waals surface area (Å²) in [5.74, 6) is -1.03. The number of benzene rings is 1. The molecular weight excluding hydrogens is 312 g/mol. The number of fused-ring (bicyclic) bond motifs is 1. The Hall–Kier alpha value is -2.21. The van der Waals surface area contributed by atoms with Gasteiger partial charge in [0.1, 0.15) is 0 Å². The van der Waals surface area contributed by atoms with Crippen LogP contribution in [0.3, 0.4) is 0 Å². The van der Waals surface area contributed by atoms with Crippen molar-refractivity contribution in [1.29, 1.82) is 0 Å². The molecule has 3 rings (SSSR count). The van der Waals surface area contributed by atoms with Gasteiger partial charge in [-0.3, -0.25) is 9.36 Å². The lowest BCUT2D eigenvalue weighted by Crippen LogP contribution is -2.22. The van der Waals surface area contributed by atoms with Crippen molar-refractivity contribution in [2.24, 2.45) is 0 Å².